The number of hydrogen-bond acceptors (Lipinski definition) is 4. The van der Waals surface area contributed by atoms with E-state index in [1.165, 1.54) is 0 Å². The van der Waals surface area contributed by atoms with Gasteiger partial charge in [-0.05, 0) is 12.3 Å². The van der Waals surface area contributed by atoms with Crippen LogP contribution in [0.3, 0.4) is 0 Å². The lowest BCUT2D eigenvalue weighted by molar-refractivity contribution is -0.102. The first-order valence-corrected chi connectivity index (χ1v) is 6.65. The van der Waals surface area contributed by atoms with Crippen molar-refractivity contribution in [1.82, 2.24) is 4.90 Å². The molecule has 1 aliphatic heterocycles. The number of rotatable bonds is 6. The minimum atomic E-state index is -0.0563. The van der Waals surface area contributed by atoms with Crippen LogP contribution in [0, 0.1) is 5.92 Å². The molecule has 1 rings (SSSR count). The molecule has 4 nitrogen and oxygen atoms in total. The fourth-order valence-electron chi connectivity index (χ4n) is 2.82. The maximum Gasteiger partial charge on any atom is 0.0661 e. The van der Waals surface area contributed by atoms with Gasteiger partial charge in [0.2, 0.25) is 0 Å². The van der Waals surface area contributed by atoms with E-state index >= 15 is 0 Å². The topological polar surface area (TPSA) is 47.7 Å². The van der Waals surface area contributed by atoms with Crippen LogP contribution in [0.25, 0.3) is 0 Å². The van der Waals surface area contributed by atoms with Crippen LogP contribution < -0.4 is 5.73 Å². The van der Waals surface area contributed by atoms with Crippen LogP contribution in [-0.4, -0.2) is 56.5 Å². The molecule has 102 valence electrons. The number of nitrogens with two attached hydrogens (primary N) is 1. The van der Waals surface area contributed by atoms with E-state index in [-0.39, 0.29) is 5.54 Å². The van der Waals surface area contributed by atoms with E-state index in [2.05, 4.69) is 25.7 Å². The smallest absolute Gasteiger partial charge is 0.0661 e. The van der Waals surface area contributed by atoms with Crippen LogP contribution in [0.4, 0.5) is 0 Å². The average molecular weight is 244 g/mol. The molecule has 0 amide bonds. The third-order valence-electron chi connectivity index (χ3n) is 4.09. The molecule has 4 heteroatoms. The molecule has 2 N–H and O–H groups in total. The zero-order chi connectivity index (χ0) is 12.9. The summed E-state index contributed by atoms with van der Waals surface area (Å²) in [5.41, 5.74) is 6.02. The van der Waals surface area contributed by atoms with Crippen LogP contribution in [0.1, 0.15) is 27.2 Å². The molecule has 2 unspecified atom stereocenters. The van der Waals surface area contributed by atoms with Crippen molar-refractivity contribution in [2.24, 2.45) is 11.7 Å². The third kappa shape index (κ3) is 2.99. The summed E-state index contributed by atoms with van der Waals surface area (Å²) < 4.78 is 11.0. The largest absolute Gasteiger partial charge is 0.383 e. The van der Waals surface area contributed by atoms with Crippen molar-refractivity contribution in [2.75, 3.05) is 40.0 Å². The summed E-state index contributed by atoms with van der Waals surface area (Å²) in [4.78, 5) is 2.52. The van der Waals surface area contributed by atoms with Gasteiger partial charge < -0.3 is 15.2 Å². The van der Waals surface area contributed by atoms with E-state index in [4.69, 9.17) is 15.2 Å². The molecule has 0 aromatic rings. The van der Waals surface area contributed by atoms with Gasteiger partial charge in [-0.15, -0.1) is 0 Å². The quantitative estimate of drug-likeness (QED) is 0.760. The second-order valence-electron chi connectivity index (χ2n) is 5.23. The zero-order valence-electron chi connectivity index (χ0n) is 11.7. The molecular weight excluding hydrogens is 216 g/mol. The summed E-state index contributed by atoms with van der Waals surface area (Å²) in [7, 11) is 1.76. The molecule has 0 aromatic carbocycles. The van der Waals surface area contributed by atoms with E-state index in [0.29, 0.717) is 25.1 Å². The number of hydrogen-bond donors (Lipinski definition) is 1. The maximum absolute atomic E-state index is 6.08. The highest BCUT2D eigenvalue weighted by atomic mass is 16.5. The summed E-state index contributed by atoms with van der Waals surface area (Å²) in [6.45, 7) is 10.6. The minimum absolute atomic E-state index is 0.0563. The van der Waals surface area contributed by atoms with Gasteiger partial charge in [0.15, 0.2) is 0 Å². The molecule has 2 atom stereocenters. The van der Waals surface area contributed by atoms with E-state index < -0.39 is 0 Å². The van der Waals surface area contributed by atoms with Gasteiger partial charge in [-0.25, -0.2) is 0 Å². The van der Waals surface area contributed by atoms with Crippen molar-refractivity contribution in [3.05, 3.63) is 0 Å². The monoisotopic (exact) mass is 244 g/mol. The van der Waals surface area contributed by atoms with Crippen molar-refractivity contribution in [1.29, 1.82) is 0 Å². The standard InChI is InChI=1S/C13H28N2O2/c1-5-12-8-17-7-6-15(12)13(9-14,10-16-4)11(2)3/h11-12H,5-10,14H2,1-4H3. The summed E-state index contributed by atoms with van der Waals surface area (Å²) in [6, 6.07) is 0.463. The Balaban J connectivity index is 2.93. The Bertz CT molecular complexity index is 223. The Kier molecular flexibility index (Phi) is 5.86. The Labute approximate surface area is 105 Å². The van der Waals surface area contributed by atoms with Crippen LogP contribution in [0.15, 0.2) is 0 Å². The Morgan fingerprint density at radius 1 is 1.53 bits per heavy atom. The summed E-state index contributed by atoms with van der Waals surface area (Å²) in [6.07, 6.45) is 1.10. The lowest BCUT2D eigenvalue weighted by atomic mass is 9.83. The predicted octanol–water partition coefficient (Wildman–Crippen LogP) is 1.10. The van der Waals surface area contributed by atoms with Crippen LogP contribution >= 0.6 is 0 Å². The molecule has 0 saturated carbocycles. The van der Waals surface area contributed by atoms with Gasteiger partial charge in [-0.3, -0.25) is 4.90 Å². The summed E-state index contributed by atoms with van der Waals surface area (Å²) in [5.74, 6) is 0.472. The number of ether oxygens (including phenoxy) is 2. The lowest BCUT2D eigenvalue weighted by Gasteiger charge is -2.51. The normalized spacial score (nSPS) is 26.1. The SMILES string of the molecule is CCC1COCCN1C(CN)(COC)C(C)C. The minimum Gasteiger partial charge on any atom is -0.383 e. The lowest BCUT2D eigenvalue weighted by Crippen LogP contribution is -2.66. The van der Waals surface area contributed by atoms with Crippen molar-refractivity contribution in [3.63, 3.8) is 0 Å². The molecule has 17 heavy (non-hydrogen) atoms. The first-order chi connectivity index (χ1) is 8.12. The first-order valence-electron chi connectivity index (χ1n) is 6.65. The fraction of sp³-hybridized carbons (Fsp3) is 1.00. The molecule has 1 aliphatic rings. The molecule has 0 radical (unpaired) electrons. The van der Waals surface area contributed by atoms with Gasteiger partial charge in [0.05, 0.1) is 25.4 Å². The van der Waals surface area contributed by atoms with Crippen molar-refractivity contribution in [2.45, 2.75) is 38.8 Å². The highest BCUT2D eigenvalue weighted by Gasteiger charge is 2.42. The van der Waals surface area contributed by atoms with Gasteiger partial charge in [-0.2, -0.15) is 0 Å². The van der Waals surface area contributed by atoms with E-state index in [0.717, 1.165) is 26.2 Å². The highest BCUT2D eigenvalue weighted by Crippen LogP contribution is 2.29. The molecule has 1 fully saturated rings. The second kappa shape index (κ2) is 6.69. The van der Waals surface area contributed by atoms with Gasteiger partial charge in [0.25, 0.3) is 0 Å². The molecule has 0 aliphatic carbocycles. The molecule has 0 spiro atoms. The van der Waals surface area contributed by atoms with Gasteiger partial charge in [0.1, 0.15) is 0 Å². The van der Waals surface area contributed by atoms with Crippen LogP contribution in [-0.2, 0) is 9.47 Å². The molecule has 0 aromatic heterocycles. The average Bonchev–Trinajstić information content (AvgIpc) is 2.35. The Hall–Kier alpha value is -0.160. The van der Waals surface area contributed by atoms with Crippen molar-refractivity contribution < 1.29 is 9.47 Å². The number of morpholine rings is 1. The zero-order valence-corrected chi connectivity index (χ0v) is 11.7. The van der Waals surface area contributed by atoms with Gasteiger partial charge >= 0.3 is 0 Å². The summed E-state index contributed by atoms with van der Waals surface area (Å²) >= 11 is 0. The second-order valence-corrected chi connectivity index (χ2v) is 5.23. The first kappa shape index (κ1) is 14.9. The highest BCUT2D eigenvalue weighted by molar-refractivity contribution is 4.98. The van der Waals surface area contributed by atoms with E-state index in [1.54, 1.807) is 7.11 Å². The molecular formula is C13H28N2O2. The van der Waals surface area contributed by atoms with Crippen molar-refractivity contribution in [3.8, 4) is 0 Å². The van der Waals surface area contributed by atoms with Gasteiger partial charge in [-0.1, -0.05) is 20.8 Å². The predicted molar refractivity (Wildman–Crippen MR) is 70.1 cm³/mol. The van der Waals surface area contributed by atoms with Crippen LogP contribution in [0.5, 0.6) is 0 Å². The molecule has 0 bridgehead atoms. The van der Waals surface area contributed by atoms with Gasteiger partial charge in [0, 0.05) is 26.2 Å². The Morgan fingerprint density at radius 3 is 2.71 bits per heavy atom. The third-order valence-corrected chi connectivity index (χ3v) is 4.09. The molecule has 1 saturated heterocycles. The number of nitrogens with zero attached hydrogens (tertiary/aromatic N) is 1. The number of methoxy groups -OCH3 is 1. The summed E-state index contributed by atoms with van der Waals surface area (Å²) in [5, 5.41) is 0. The maximum atomic E-state index is 6.08. The Morgan fingerprint density at radius 2 is 2.24 bits per heavy atom. The van der Waals surface area contributed by atoms with Crippen molar-refractivity contribution >= 4 is 0 Å². The van der Waals surface area contributed by atoms with E-state index in [1.807, 2.05) is 0 Å². The molecule has 1 heterocycles. The fourth-order valence-corrected chi connectivity index (χ4v) is 2.82. The van der Waals surface area contributed by atoms with E-state index in [9.17, 15) is 0 Å². The van der Waals surface area contributed by atoms with Crippen LogP contribution in [0.2, 0.25) is 0 Å².